The Kier molecular flexibility index (Phi) is 4.22. The third kappa shape index (κ3) is 3.26. The van der Waals surface area contributed by atoms with Crippen LogP contribution in [0.15, 0.2) is 61.1 Å². The van der Waals surface area contributed by atoms with Crippen LogP contribution < -0.4 is 5.32 Å². The first-order chi connectivity index (χ1) is 10.4. The molecule has 2 aromatic heterocycles. The molecule has 1 atom stereocenters. The second-order valence-corrected chi connectivity index (χ2v) is 5.20. The molecular formula is C18H19N3. The van der Waals surface area contributed by atoms with Crippen molar-refractivity contribution in [2.45, 2.75) is 18.9 Å². The van der Waals surface area contributed by atoms with Gasteiger partial charge in [0, 0.05) is 30.0 Å². The average Bonchev–Trinajstić information content (AvgIpc) is 2.56. The first-order valence-corrected chi connectivity index (χ1v) is 7.27. The smallest absolute Gasteiger partial charge is 0.0705 e. The monoisotopic (exact) mass is 277 g/mol. The maximum Gasteiger partial charge on any atom is 0.0705 e. The molecule has 3 nitrogen and oxygen atoms in total. The summed E-state index contributed by atoms with van der Waals surface area (Å²) in [5.41, 5.74) is 3.61. The molecule has 21 heavy (non-hydrogen) atoms. The Hall–Kier alpha value is -2.26. The van der Waals surface area contributed by atoms with Crippen LogP contribution in [0.5, 0.6) is 0 Å². The van der Waals surface area contributed by atoms with Gasteiger partial charge >= 0.3 is 0 Å². The Morgan fingerprint density at radius 2 is 2.00 bits per heavy atom. The molecule has 3 aromatic rings. The molecule has 0 aliphatic carbocycles. The van der Waals surface area contributed by atoms with Crippen LogP contribution in [0.2, 0.25) is 0 Å². The molecule has 0 amide bonds. The molecule has 0 radical (unpaired) electrons. The normalized spacial score (nSPS) is 12.4. The molecule has 2 heterocycles. The summed E-state index contributed by atoms with van der Waals surface area (Å²) >= 11 is 0. The lowest BCUT2D eigenvalue weighted by atomic mass is 9.98. The first kappa shape index (κ1) is 13.7. The van der Waals surface area contributed by atoms with E-state index in [1.807, 2.05) is 37.8 Å². The fourth-order valence-electron chi connectivity index (χ4n) is 2.63. The lowest BCUT2D eigenvalue weighted by Gasteiger charge is -2.17. The average molecular weight is 277 g/mol. The summed E-state index contributed by atoms with van der Waals surface area (Å²) in [6.07, 6.45) is 7.65. The Balaban J connectivity index is 1.78. The van der Waals surface area contributed by atoms with Gasteiger partial charge in [-0.15, -0.1) is 0 Å². The fourth-order valence-corrected chi connectivity index (χ4v) is 2.63. The molecule has 0 spiro atoms. The van der Waals surface area contributed by atoms with Crippen LogP contribution in [0.25, 0.3) is 10.9 Å². The molecule has 0 saturated carbocycles. The third-order valence-corrected chi connectivity index (χ3v) is 3.83. The molecule has 0 saturated heterocycles. The summed E-state index contributed by atoms with van der Waals surface area (Å²) < 4.78 is 0. The Morgan fingerprint density at radius 3 is 2.81 bits per heavy atom. The van der Waals surface area contributed by atoms with Crippen LogP contribution in [0.4, 0.5) is 0 Å². The van der Waals surface area contributed by atoms with Gasteiger partial charge in [0.15, 0.2) is 0 Å². The van der Waals surface area contributed by atoms with E-state index in [9.17, 15) is 0 Å². The van der Waals surface area contributed by atoms with Crippen molar-refractivity contribution in [2.24, 2.45) is 0 Å². The van der Waals surface area contributed by atoms with Crippen LogP contribution in [0.3, 0.4) is 0 Å². The number of aryl methyl sites for hydroxylation is 1. The molecule has 0 aliphatic heterocycles. The van der Waals surface area contributed by atoms with Gasteiger partial charge in [-0.05, 0) is 49.2 Å². The van der Waals surface area contributed by atoms with Gasteiger partial charge in [0.25, 0.3) is 0 Å². The number of nitrogens with one attached hydrogen (secondary N) is 1. The number of pyridine rings is 2. The lowest BCUT2D eigenvalue weighted by molar-refractivity contribution is 0.549. The molecule has 106 valence electrons. The van der Waals surface area contributed by atoms with E-state index >= 15 is 0 Å². The Morgan fingerprint density at radius 1 is 1.10 bits per heavy atom. The quantitative estimate of drug-likeness (QED) is 0.775. The molecule has 3 rings (SSSR count). The van der Waals surface area contributed by atoms with Crippen molar-refractivity contribution >= 4 is 10.9 Å². The van der Waals surface area contributed by atoms with Crippen molar-refractivity contribution < 1.29 is 0 Å². The van der Waals surface area contributed by atoms with Gasteiger partial charge in [0.1, 0.15) is 0 Å². The van der Waals surface area contributed by atoms with Gasteiger partial charge in [-0.2, -0.15) is 0 Å². The molecular weight excluding hydrogens is 258 g/mol. The van der Waals surface area contributed by atoms with Crippen LogP contribution in [0.1, 0.15) is 23.6 Å². The van der Waals surface area contributed by atoms with Crippen molar-refractivity contribution in [3.63, 3.8) is 0 Å². The SMILES string of the molecule is CNC(CCc1cccnc1)c1ccc2cccnc2c1. The van der Waals surface area contributed by atoms with E-state index in [1.54, 1.807) is 0 Å². The van der Waals surface area contributed by atoms with Crippen LogP contribution in [-0.4, -0.2) is 17.0 Å². The van der Waals surface area contributed by atoms with E-state index in [-0.39, 0.29) is 0 Å². The van der Waals surface area contributed by atoms with Crippen molar-refractivity contribution in [1.29, 1.82) is 0 Å². The van der Waals surface area contributed by atoms with E-state index in [2.05, 4.69) is 45.6 Å². The number of aromatic nitrogens is 2. The highest BCUT2D eigenvalue weighted by Crippen LogP contribution is 2.22. The minimum Gasteiger partial charge on any atom is -0.313 e. The Bertz CT molecular complexity index is 710. The summed E-state index contributed by atoms with van der Waals surface area (Å²) in [6, 6.07) is 15.0. The number of fused-ring (bicyclic) bond motifs is 1. The van der Waals surface area contributed by atoms with Gasteiger partial charge < -0.3 is 5.32 Å². The highest BCUT2D eigenvalue weighted by Gasteiger charge is 2.10. The maximum absolute atomic E-state index is 4.44. The molecule has 0 fully saturated rings. The third-order valence-electron chi connectivity index (χ3n) is 3.83. The Labute approximate surface area is 125 Å². The molecule has 1 N–H and O–H groups in total. The van der Waals surface area contributed by atoms with E-state index < -0.39 is 0 Å². The van der Waals surface area contributed by atoms with Crippen LogP contribution in [0, 0.1) is 0 Å². The zero-order chi connectivity index (χ0) is 14.5. The number of rotatable bonds is 5. The standard InChI is InChI=1S/C18H19N3/c1-19-17(9-6-14-4-2-10-20-13-14)16-8-7-15-5-3-11-21-18(15)12-16/h2-5,7-8,10-13,17,19H,6,9H2,1H3. The summed E-state index contributed by atoms with van der Waals surface area (Å²) in [7, 11) is 2.01. The zero-order valence-corrected chi connectivity index (χ0v) is 12.2. The second-order valence-electron chi connectivity index (χ2n) is 5.20. The second kappa shape index (κ2) is 6.46. The predicted molar refractivity (Wildman–Crippen MR) is 86.1 cm³/mol. The topological polar surface area (TPSA) is 37.8 Å². The molecule has 1 unspecified atom stereocenters. The highest BCUT2D eigenvalue weighted by atomic mass is 14.9. The summed E-state index contributed by atoms with van der Waals surface area (Å²) in [4.78, 5) is 8.61. The zero-order valence-electron chi connectivity index (χ0n) is 12.2. The summed E-state index contributed by atoms with van der Waals surface area (Å²) in [6.45, 7) is 0. The van der Waals surface area contributed by atoms with E-state index in [4.69, 9.17) is 0 Å². The van der Waals surface area contributed by atoms with Gasteiger partial charge in [-0.1, -0.05) is 24.3 Å². The highest BCUT2D eigenvalue weighted by molar-refractivity contribution is 5.78. The van der Waals surface area contributed by atoms with E-state index in [0.29, 0.717) is 6.04 Å². The minimum atomic E-state index is 0.330. The lowest BCUT2D eigenvalue weighted by Crippen LogP contribution is -2.17. The van der Waals surface area contributed by atoms with Crippen molar-refractivity contribution in [1.82, 2.24) is 15.3 Å². The molecule has 0 aliphatic rings. The van der Waals surface area contributed by atoms with Crippen molar-refractivity contribution in [2.75, 3.05) is 7.05 Å². The van der Waals surface area contributed by atoms with Gasteiger partial charge in [-0.25, -0.2) is 0 Å². The predicted octanol–water partition coefficient (Wildman–Crippen LogP) is 3.52. The minimum absolute atomic E-state index is 0.330. The van der Waals surface area contributed by atoms with Crippen molar-refractivity contribution in [3.8, 4) is 0 Å². The van der Waals surface area contributed by atoms with E-state index in [1.165, 1.54) is 16.5 Å². The number of hydrogen-bond donors (Lipinski definition) is 1. The molecule has 3 heteroatoms. The number of nitrogens with zero attached hydrogens (tertiary/aromatic N) is 2. The summed E-state index contributed by atoms with van der Waals surface area (Å²) in [5, 5.41) is 4.59. The van der Waals surface area contributed by atoms with Gasteiger partial charge in [0.2, 0.25) is 0 Å². The molecule has 1 aromatic carbocycles. The van der Waals surface area contributed by atoms with Crippen LogP contribution in [-0.2, 0) is 6.42 Å². The van der Waals surface area contributed by atoms with E-state index in [0.717, 1.165) is 18.4 Å². The summed E-state index contributed by atoms with van der Waals surface area (Å²) in [5.74, 6) is 0. The van der Waals surface area contributed by atoms with Crippen molar-refractivity contribution in [3.05, 3.63) is 72.2 Å². The molecule has 0 bridgehead atoms. The maximum atomic E-state index is 4.44. The van der Waals surface area contributed by atoms with Crippen LogP contribution >= 0.6 is 0 Å². The number of benzene rings is 1. The first-order valence-electron chi connectivity index (χ1n) is 7.27. The van der Waals surface area contributed by atoms with Gasteiger partial charge in [0.05, 0.1) is 5.52 Å². The fraction of sp³-hybridized carbons (Fsp3) is 0.222. The largest absolute Gasteiger partial charge is 0.313 e. The number of hydrogen-bond acceptors (Lipinski definition) is 3. The van der Waals surface area contributed by atoms with Gasteiger partial charge in [-0.3, -0.25) is 9.97 Å².